The fourth-order valence-electron chi connectivity index (χ4n) is 0.977. The van der Waals surface area contributed by atoms with Gasteiger partial charge in [-0.1, -0.05) is 30.3 Å². The van der Waals surface area contributed by atoms with Gasteiger partial charge in [0.1, 0.15) is 11.9 Å². The number of rotatable bonds is 4. The van der Waals surface area contributed by atoms with E-state index in [1.165, 1.54) is 0 Å². The van der Waals surface area contributed by atoms with Crippen LogP contribution in [0.1, 0.15) is 17.3 Å². The second kappa shape index (κ2) is 4.82. The minimum atomic E-state index is -0.173. The molecule has 0 heterocycles. The number of carbonyl (C=O) groups excluding carboxylic acids is 1. The maximum Gasteiger partial charge on any atom is 0.153 e. The predicted octanol–water partition coefficient (Wildman–Crippen LogP) is 3.11. The van der Waals surface area contributed by atoms with Crippen molar-refractivity contribution in [1.82, 2.24) is 0 Å². The molecule has 1 aromatic carbocycles. The highest BCUT2D eigenvalue weighted by Gasteiger charge is 2.09. The standard InChI is InChI=1S/C11H11ClO2/c1-3-8(2)14-11-9(7-13)5-4-6-10(11)12/h3-8H,1H2,2H3. The number of benzene rings is 1. The molecule has 74 valence electrons. The van der Waals surface area contributed by atoms with E-state index in [0.29, 0.717) is 16.3 Å². The lowest BCUT2D eigenvalue weighted by Crippen LogP contribution is -2.09. The third-order valence-electron chi connectivity index (χ3n) is 1.76. The molecule has 0 fully saturated rings. The fourth-order valence-corrected chi connectivity index (χ4v) is 1.20. The van der Waals surface area contributed by atoms with Gasteiger partial charge in [-0.2, -0.15) is 0 Å². The summed E-state index contributed by atoms with van der Waals surface area (Å²) in [6.07, 6.45) is 2.18. The highest BCUT2D eigenvalue weighted by atomic mass is 35.5. The van der Waals surface area contributed by atoms with Gasteiger partial charge in [0, 0.05) is 0 Å². The molecule has 0 spiro atoms. The van der Waals surface area contributed by atoms with Crippen molar-refractivity contribution in [2.75, 3.05) is 0 Å². The van der Waals surface area contributed by atoms with Gasteiger partial charge in [0.25, 0.3) is 0 Å². The van der Waals surface area contributed by atoms with Crippen LogP contribution in [0.25, 0.3) is 0 Å². The Hall–Kier alpha value is -1.28. The van der Waals surface area contributed by atoms with Crippen LogP contribution in [0.2, 0.25) is 5.02 Å². The number of para-hydroxylation sites is 1. The van der Waals surface area contributed by atoms with Crippen LogP contribution < -0.4 is 4.74 Å². The zero-order valence-corrected chi connectivity index (χ0v) is 8.62. The molecule has 0 N–H and O–H groups in total. The van der Waals surface area contributed by atoms with E-state index in [1.54, 1.807) is 24.3 Å². The van der Waals surface area contributed by atoms with Gasteiger partial charge in [-0.05, 0) is 19.1 Å². The Balaban J connectivity index is 3.04. The van der Waals surface area contributed by atoms with Gasteiger partial charge in [-0.25, -0.2) is 0 Å². The number of carbonyl (C=O) groups is 1. The molecule has 3 heteroatoms. The van der Waals surface area contributed by atoms with E-state index >= 15 is 0 Å². The van der Waals surface area contributed by atoms with E-state index in [0.717, 1.165) is 6.29 Å². The molecule has 0 saturated carbocycles. The molecule has 0 aliphatic carbocycles. The fraction of sp³-hybridized carbons (Fsp3) is 0.182. The molecule has 1 aromatic rings. The first kappa shape index (κ1) is 10.8. The van der Waals surface area contributed by atoms with Gasteiger partial charge in [0.15, 0.2) is 6.29 Å². The largest absolute Gasteiger partial charge is 0.484 e. The third kappa shape index (κ3) is 2.36. The average Bonchev–Trinajstić information content (AvgIpc) is 2.20. The predicted molar refractivity (Wildman–Crippen MR) is 57.1 cm³/mol. The van der Waals surface area contributed by atoms with Crippen LogP contribution in [0, 0.1) is 0 Å². The summed E-state index contributed by atoms with van der Waals surface area (Å²) < 4.78 is 5.44. The first-order chi connectivity index (χ1) is 6.69. The number of ether oxygens (including phenoxy) is 1. The summed E-state index contributed by atoms with van der Waals surface area (Å²) in [6, 6.07) is 5.04. The summed E-state index contributed by atoms with van der Waals surface area (Å²) in [5, 5.41) is 0.434. The maximum atomic E-state index is 10.7. The van der Waals surface area contributed by atoms with Gasteiger partial charge >= 0.3 is 0 Å². The summed E-state index contributed by atoms with van der Waals surface area (Å²) in [5.41, 5.74) is 0.450. The van der Waals surface area contributed by atoms with E-state index in [4.69, 9.17) is 16.3 Å². The molecule has 0 amide bonds. The summed E-state index contributed by atoms with van der Waals surface area (Å²) in [4.78, 5) is 10.7. The van der Waals surface area contributed by atoms with Crippen LogP contribution in [-0.4, -0.2) is 12.4 Å². The van der Waals surface area contributed by atoms with Crippen molar-refractivity contribution in [3.8, 4) is 5.75 Å². The van der Waals surface area contributed by atoms with Crippen LogP contribution in [0.4, 0.5) is 0 Å². The highest BCUT2D eigenvalue weighted by Crippen LogP contribution is 2.28. The molecule has 0 aliphatic rings. The SMILES string of the molecule is C=CC(C)Oc1c(Cl)cccc1C=O. The minimum Gasteiger partial charge on any atom is -0.484 e. The number of halogens is 1. The van der Waals surface area contributed by atoms with Crippen LogP contribution in [0.3, 0.4) is 0 Å². The van der Waals surface area contributed by atoms with Crippen LogP contribution in [-0.2, 0) is 0 Å². The van der Waals surface area contributed by atoms with E-state index in [-0.39, 0.29) is 6.10 Å². The number of aldehydes is 1. The Labute approximate surface area is 88.1 Å². The van der Waals surface area contributed by atoms with Crippen molar-refractivity contribution in [2.24, 2.45) is 0 Å². The monoisotopic (exact) mass is 210 g/mol. The van der Waals surface area contributed by atoms with Crippen molar-refractivity contribution in [2.45, 2.75) is 13.0 Å². The maximum absolute atomic E-state index is 10.7. The molecule has 1 unspecified atom stereocenters. The van der Waals surface area contributed by atoms with Gasteiger partial charge in [-0.15, -0.1) is 0 Å². The lowest BCUT2D eigenvalue weighted by atomic mass is 10.2. The van der Waals surface area contributed by atoms with E-state index < -0.39 is 0 Å². The van der Waals surface area contributed by atoms with E-state index in [2.05, 4.69) is 6.58 Å². The topological polar surface area (TPSA) is 26.3 Å². The third-order valence-corrected chi connectivity index (χ3v) is 2.06. The molecule has 0 bridgehead atoms. The molecule has 2 nitrogen and oxygen atoms in total. The Morgan fingerprint density at radius 1 is 1.57 bits per heavy atom. The van der Waals surface area contributed by atoms with Crippen LogP contribution in [0.5, 0.6) is 5.75 Å². The molecular weight excluding hydrogens is 200 g/mol. The van der Waals surface area contributed by atoms with Gasteiger partial charge in [0.2, 0.25) is 0 Å². The first-order valence-corrected chi connectivity index (χ1v) is 4.59. The van der Waals surface area contributed by atoms with Gasteiger partial charge in [-0.3, -0.25) is 4.79 Å². The highest BCUT2D eigenvalue weighted by molar-refractivity contribution is 6.32. The second-order valence-corrected chi connectivity index (χ2v) is 3.24. The van der Waals surface area contributed by atoms with Crippen molar-refractivity contribution < 1.29 is 9.53 Å². The van der Waals surface area contributed by atoms with Crippen molar-refractivity contribution >= 4 is 17.9 Å². The Kier molecular flexibility index (Phi) is 3.72. The normalized spacial score (nSPS) is 11.9. The minimum absolute atomic E-state index is 0.173. The Morgan fingerprint density at radius 3 is 2.86 bits per heavy atom. The summed E-state index contributed by atoms with van der Waals surface area (Å²) >= 11 is 5.89. The smallest absolute Gasteiger partial charge is 0.153 e. The van der Waals surface area contributed by atoms with E-state index in [9.17, 15) is 4.79 Å². The van der Waals surface area contributed by atoms with Gasteiger partial charge in [0.05, 0.1) is 10.6 Å². The number of hydrogen-bond acceptors (Lipinski definition) is 2. The molecular formula is C11H11ClO2. The summed E-state index contributed by atoms with van der Waals surface area (Å²) in [7, 11) is 0. The molecule has 0 saturated heterocycles. The zero-order chi connectivity index (χ0) is 10.6. The quantitative estimate of drug-likeness (QED) is 0.564. The second-order valence-electron chi connectivity index (χ2n) is 2.83. The molecule has 0 aliphatic heterocycles. The first-order valence-electron chi connectivity index (χ1n) is 4.22. The van der Waals surface area contributed by atoms with Crippen molar-refractivity contribution in [1.29, 1.82) is 0 Å². The van der Waals surface area contributed by atoms with Gasteiger partial charge < -0.3 is 4.74 Å². The molecule has 1 rings (SSSR count). The Morgan fingerprint density at radius 2 is 2.29 bits per heavy atom. The lowest BCUT2D eigenvalue weighted by molar-refractivity contribution is 0.111. The molecule has 0 radical (unpaired) electrons. The average molecular weight is 211 g/mol. The Bertz CT molecular complexity index is 347. The zero-order valence-electron chi connectivity index (χ0n) is 7.87. The summed E-state index contributed by atoms with van der Waals surface area (Å²) in [5.74, 6) is 0.413. The van der Waals surface area contributed by atoms with E-state index in [1.807, 2.05) is 6.92 Å². The molecule has 14 heavy (non-hydrogen) atoms. The lowest BCUT2D eigenvalue weighted by Gasteiger charge is -2.13. The number of hydrogen-bond donors (Lipinski definition) is 0. The van der Waals surface area contributed by atoms with Crippen molar-refractivity contribution in [3.05, 3.63) is 41.4 Å². The molecule has 1 atom stereocenters. The van der Waals surface area contributed by atoms with Crippen LogP contribution in [0.15, 0.2) is 30.9 Å². The summed E-state index contributed by atoms with van der Waals surface area (Å²) in [6.45, 7) is 5.41. The van der Waals surface area contributed by atoms with Crippen molar-refractivity contribution in [3.63, 3.8) is 0 Å². The molecule has 0 aromatic heterocycles. The van der Waals surface area contributed by atoms with Crippen LogP contribution >= 0.6 is 11.6 Å².